The van der Waals surface area contributed by atoms with E-state index in [1.165, 1.54) is 0 Å². The van der Waals surface area contributed by atoms with Gasteiger partial charge >= 0.3 is 0 Å². The molecular weight excluding hydrogens is 332 g/mol. The summed E-state index contributed by atoms with van der Waals surface area (Å²) in [6.07, 6.45) is 0. The maximum Gasteiger partial charge on any atom is 0.262 e. The normalized spacial score (nSPS) is 10.2. The van der Waals surface area contributed by atoms with Crippen molar-refractivity contribution < 1.29 is 9.53 Å². The first-order chi connectivity index (χ1) is 10.1. The van der Waals surface area contributed by atoms with Gasteiger partial charge in [0.2, 0.25) is 0 Å². The second kappa shape index (κ2) is 7.24. The highest BCUT2D eigenvalue weighted by molar-refractivity contribution is 9.10. The van der Waals surface area contributed by atoms with Crippen LogP contribution in [0.5, 0.6) is 5.75 Å². The van der Waals surface area contributed by atoms with Crippen LogP contribution in [0.2, 0.25) is 0 Å². The van der Waals surface area contributed by atoms with Crippen LogP contribution in [-0.4, -0.2) is 12.5 Å². The van der Waals surface area contributed by atoms with Crippen molar-refractivity contribution in [3.05, 3.63) is 58.1 Å². The molecule has 0 aliphatic carbocycles. The molecule has 0 unspecified atom stereocenters. The lowest BCUT2D eigenvalue weighted by Crippen LogP contribution is -2.20. The number of ether oxygens (including phenoxy) is 1. The van der Waals surface area contributed by atoms with Gasteiger partial charge in [0.1, 0.15) is 5.75 Å². The molecule has 0 aliphatic heterocycles. The van der Waals surface area contributed by atoms with E-state index in [2.05, 4.69) is 21.2 Å². The third kappa shape index (κ3) is 4.58. The molecule has 4 nitrogen and oxygen atoms in total. The highest BCUT2D eigenvalue weighted by Crippen LogP contribution is 2.22. The summed E-state index contributed by atoms with van der Waals surface area (Å²) in [6.45, 7) is 2.28. The van der Waals surface area contributed by atoms with Gasteiger partial charge in [0.05, 0.1) is 0 Å². The van der Waals surface area contributed by atoms with Crippen molar-refractivity contribution in [1.82, 2.24) is 0 Å². The van der Waals surface area contributed by atoms with E-state index in [0.29, 0.717) is 12.3 Å². The summed E-state index contributed by atoms with van der Waals surface area (Å²) in [5.74, 6) is 0.423. The summed E-state index contributed by atoms with van der Waals surface area (Å²) in [6, 6.07) is 13.2. The highest BCUT2D eigenvalue weighted by Gasteiger charge is 2.07. The number of benzene rings is 2. The quantitative estimate of drug-likeness (QED) is 0.871. The molecular formula is C16H17BrN2O2. The van der Waals surface area contributed by atoms with Crippen LogP contribution in [0.15, 0.2) is 46.9 Å². The number of aryl methyl sites for hydroxylation is 1. The Bertz CT molecular complexity index is 644. The van der Waals surface area contributed by atoms with Gasteiger partial charge < -0.3 is 15.8 Å². The Balaban J connectivity index is 1.95. The van der Waals surface area contributed by atoms with E-state index in [1.807, 2.05) is 43.3 Å². The average molecular weight is 349 g/mol. The molecule has 21 heavy (non-hydrogen) atoms. The minimum absolute atomic E-state index is 0.0530. The molecule has 2 aromatic carbocycles. The van der Waals surface area contributed by atoms with Gasteiger partial charge in [-0.2, -0.15) is 0 Å². The fraction of sp³-hybridized carbons (Fsp3) is 0.188. The van der Waals surface area contributed by atoms with Gasteiger partial charge in [-0.3, -0.25) is 4.79 Å². The monoisotopic (exact) mass is 348 g/mol. The van der Waals surface area contributed by atoms with Crippen molar-refractivity contribution in [1.29, 1.82) is 0 Å². The van der Waals surface area contributed by atoms with Gasteiger partial charge in [0, 0.05) is 22.3 Å². The van der Waals surface area contributed by atoms with Crippen molar-refractivity contribution in [3.8, 4) is 5.75 Å². The predicted molar refractivity (Wildman–Crippen MR) is 87.3 cm³/mol. The van der Waals surface area contributed by atoms with E-state index in [4.69, 9.17) is 10.5 Å². The van der Waals surface area contributed by atoms with E-state index < -0.39 is 0 Å². The van der Waals surface area contributed by atoms with Crippen LogP contribution in [0, 0.1) is 6.92 Å². The number of hydrogen-bond donors (Lipinski definition) is 2. The Labute approximate surface area is 132 Å². The zero-order valence-corrected chi connectivity index (χ0v) is 13.3. The van der Waals surface area contributed by atoms with Crippen LogP contribution in [0.1, 0.15) is 11.1 Å². The van der Waals surface area contributed by atoms with Crippen molar-refractivity contribution >= 4 is 27.5 Å². The smallest absolute Gasteiger partial charge is 0.262 e. The topological polar surface area (TPSA) is 64.3 Å². The summed E-state index contributed by atoms with van der Waals surface area (Å²) >= 11 is 3.38. The van der Waals surface area contributed by atoms with Crippen LogP contribution in [0.4, 0.5) is 5.69 Å². The number of carbonyl (C=O) groups is 1. The van der Waals surface area contributed by atoms with Crippen LogP contribution >= 0.6 is 15.9 Å². The molecule has 1 amide bonds. The Hall–Kier alpha value is -1.85. The number of amides is 1. The molecule has 0 saturated carbocycles. The van der Waals surface area contributed by atoms with Gasteiger partial charge in [-0.15, -0.1) is 0 Å². The molecule has 3 N–H and O–H groups in total. The molecule has 0 radical (unpaired) electrons. The number of hydrogen-bond acceptors (Lipinski definition) is 3. The number of rotatable bonds is 5. The molecule has 2 aromatic rings. The Kier molecular flexibility index (Phi) is 5.36. The Morgan fingerprint density at radius 3 is 2.81 bits per heavy atom. The molecule has 5 heteroatoms. The van der Waals surface area contributed by atoms with E-state index in [9.17, 15) is 4.79 Å². The van der Waals surface area contributed by atoms with Gasteiger partial charge in [-0.1, -0.05) is 28.1 Å². The molecule has 0 spiro atoms. The van der Waals surface area contributed by atoms with Crippen molar-refractivity contribution in [2.75, 3.05) is 11.9 Å². The van der Waals surface area contributed by atoms with Crippen molar-refractivity contribution in [2.24, 2.45) is 5.73 Å². The number of nitrogens with one attached hydrogen (secondary N) is 1. The largest absolute Gasteiger partial charge is 0.483 e. The first kappa shape index (κ1) is 15.5. The third-order valence-corrected chi connectivity index (χ3v) is 3.40. The molecule has 0 heterocycles. The molecule has 0 fully saturated rings. The molecule has 0 saturated heterocycles. The Morgan fingerprint density at radius 2 is 2.10 bits per heavy atom. The fourth-order valence-corrected chi connectivity index (χ4v) is 2.32. The van der Waals surface area contributed by atoms with E-state index in [-0.39, 0.29) is 12.5 Å². The maximum absolute atomic E-state index is 11.9. The number of halogens is 1. The lowest BCUT2D eigenvalue weighted by Gasteiger charge is -2.11. The number of carbonyl (C=O) groups excluding carboxylic acids is 1. The summed E-state index contributed by atoms with van der Waals surface area (Å²) in [5.41, 5.74) is 8.37. The lowest BCUT2D eigenvalue weighted by molar-refractivity contribution is -0.118. The SMILES string of the molecule is Cc1cccc(NC(=O)COc2ccc(Br)cc2CN)c1. The summed E-state index contributed by atoms with van der Waals surface area (Å²) in [5, 5.41) is 2.80. The second-order valence-electron chi connectivity index (χ2n) is 4.66. The maximum atomic E-state index is 11.9. The molecule has 0 aromatic heterocycles. The van der Waals surface area contributed by atoms with Crippen LogP contribution in [0.25, 0.3) is 0 Å². The fourth-order valence-electron chi connectivity index (χ4n) is 1.91. The van der Waals surface area contributed by atoms with Crippen molar-refractivity contribution in [2.45, 2.75) is 13.5 Å². The van der Waals surface area contributed by atoms with E-state index in [1.54, 1.807) is 6.07 Å². The van der Waals surface area contributed by atoms with Crippen molar-refractivity contribution in [3.63, 3.8) is 0 Å². The van der Waals surface area contributed by atoms with Gasteiger partial charge in [0.25, 0.3) is 5.91 Å². The van der Waals surface area contributed by atoms with E-state index in [0.717, 1.165) is 21.3 Å². The molecule has 0 bridgehead atoms. The Morgan fingerprint density at radius 1 is 1.29 bits per heavy atom. The zero-order chi connectivity index (χ0) is 15.2. The second-order valence-corrected chi connectivity index (χ2v) is 5.58. The minimum atomic E-state index is -0.202. The average Bonchev–Trinajstić information content (AvgIpc) is 2.45. The zero-order valence-electron chi connectivity index (χ0n) is 11.7. The van der Waals surface area contributed by atoms with Crippen LogP contribution in [0.3, 0.4) is 0 Å². The molecule has 110 valence electrons. The number of nitrogens with two attached hydrogens (primary N) is 1. The lowest BCUT2D eigenvalue weighted by atomic mass is 10.2. The van der Waals surface area contributed by atoms with Gasteiger partial charge in [0.15, 0.2) is 6.61 Å². The standard InChI is InChI=1S/C16H17BrN2O2/c1-11-3-2-4-14(7-11)19-16(20)10-21-15-6-5-13(17)8-12(15)9-18/h2-8H,9-10,18H2,1H3,(H,19,20). The minimum Gasteiger partial charge on any atom is -0.483 e. The van der Waals surface area contributed by atoms with Gasteiger partial charge in [-0.25, -0.2) is 0 Å². The molecule has 0 atom stereocenters. The van der Waals surface area contributed by atoms with Crippen LogP contribution < -0.4 is 15.8 Å². The first-order valence-corrected chi connectivity index (χ1v) is 7.35. The molecule has 2 rings (SSSR count). The van der Waals surface area contributed by atoms with E-state index >= 15 is 0 Å². The molecule has 0 aliphatic rings. The summed E-state index contributed by atoms with van der Waals surface area (Å²) < 4.78 is 6.46. The third-order valence-electron chi connectivity index (χ3n) is 2.90. The number of anilines is 1. The highest BCUT2D eigenvalue weighted by atomic mass is 79.9. The summed E-state index contributed by atoms with van der Waals surface area (Å²) in [7, 11) is 0. The summed E-state index contributed by atoms with van der Waals surface area (Å²) in [4.78, 5) is 11.9. The predicted octanol–water partition coefficient (Wildman–Crippen LogP) is 3.23. The van der Waals surface area contributed by atoms with Gasteiger partial charge in [-0.05, 0) is 42.8 Å². The van der Waals surface area contributed by atoms with Crippen LogP contribution in [-0.2, 0) is 11.3 Å². The first-order valence-electron chi connectivity index (χ1n) is 6.56.